The Kier molecular flexibility index (Phi) is 4.20. The van der Waals surface area contributed by atoms with Crippen LogP contribution < -0.4 is 5.32 Å². The van der Waals surface area contributed by atoms with E-state index in [9.17, 15) is 4.79 Å². The van der Waals surface area contributed by atoms with Gasteiger partial charge in [0.25, 0.3) is 0 Å². The largest absolute Gasteiger partial charge is 0.378 e. The van der Waals surface area contributed by atoms with Crippen molar-refractivity contribution in [2.45, 2.75) is 31.8 Å². The van der Waals surface area contributed by atoms with E-state index in [2.05, 4.69) is 25.9 Å². The van der Waals surface area contributed by atoms with Crippen molar-refractivity contribution in [2.75, 3.05) is 11.9 Å². The van der Waals surface area contributed by atoms with Crippen LogP contribution in [0.1, 0.15) is 25.7 Å². The third kappa shape index (κ3) is 3.63. The molecule has 1 fully saturated rings. The predicted octanol–water partition coefficient (Wildman–Crippen LogP) is 1.76. The first-order valence-electron chi connectivity index (χ1n) is 7.06. The molecule has 1 aromatic heterocycles. The van der Waals surface area contributed by atoms with Gasteiger partial charge in [-0.05, 0) is 48.7 Å². The summed E-state index contributed by atoms with van der Waals surface area (Å²) in [7, 11) is 0. The molecule has 1 aliphatic rings. The molecule has 0 aliphatic carbocycles. The molecule has 1 atom stereocenters. The van der Waals surface area contributed by atoms with Gasteiger partial charge in [-0.3, -0.25) is 4.79 Å². The number of aromatic nitrogens is 4. The van der Waals surface area contributed by atoms with Crippen molar-refractivity contribution >= 4 is 11.6 Å². The third-order valence-corrected chi connectivity index (χ3v) is 3.46. The second-order valence-corrected chi connectivity index (χ2v) is 5.05. The van der Waals surface area contributed by atoms with E-state index in [4.69, 9.17) is 4.74 Å². The van der Waals surface area contributed by atoms with Crippen molar-refractivity contribution in [3.63, 3.8) is 0 Å². The fourth-order valence-corrected chi connectivity index (χ4v) is 2.37. The van der Waals surface area contributed by atoms with Crippen LogP contribution in [0.4, 0.5) is 5.69 Å². The highest BCUT2D eigenvalue weighted by molar-refractivity contribution is 5.91. The lowest BCUT2D eigenvalue weighted by Crippen LogP contribution is -2.25. The van der Waals surface area contributed by atoms with Gasteiger partial charge in [0, 0.05) is 17.9 Å². The molecule has 21 heavy (non-hydrogen) atoms. The van der Waals surface area contributed by atoms with Crippen LogP contribution in [-0.4, -0.2) is 39.2 Å². The first kappa shape index (κ1) is 13.7. The highest BCUT2D eigenvalue weighted by Crippen LogP contribution is 2.19. The van der Waals surface area contributed by atoms with Gasteiger partial charge < -0.3 is 10.1 Å². The molecule has 1 saturated heterocycles. The zero-order valence-corrected chi connectivity index (χ0v) is 11.6. The van der Waals surface area contributed by atoms with Crippen LogP contribution in [0.15, 0.2) is 24.3 Å². The number of carbonyl (C=O) groups excluding carboxylic acids is 1. The van der Waals surface area contributed by atoms with E-state index >= 15 is 0 Å². The van der Waals surface area contributed by atoms with Crippen LogP contribution in [0.2, 0.25) is 0 Å². The number of ether oxygens (including phenoxy) is 1. The summed E-state index contributed by atoms with van der Waals surface area (Å²) >= 11 is 0. The smallest absolute Gasteiger partial charge is 0.226 e. The van der Waals surface area contributed by atoms with Gasteiger partial charge in [-0.1, -0.05) is 0 Å². The van der Waals surface area contributed by atoms with Gasteiger partial charge in [0.05, 0.1) is 12.5 Å². The van der Waals surface area contributed by atoms with Gasteiger partial charge in [0.15, 0.2) is 0 Å². The fourth-order valence-electron chi connectivity index (χ4n) is 2.37. The van der Waals surface area contributed by atoms with E-state index in [1.165, 1.54) is 0 Å². The number of anilines is 1. The number of amides is 1. The predicted molar refractivity (Wildman–Crippen MR) is 76.5 cm³/mol. The molecule has 7 heteroatoms. The average molecular weight is 287 g/mol. The molecular weight excluding hydrogens is 270 g/mol. The number of benzene rings is 1. The van der Waals surface area contributed by atoms with Crippen LogP contribution in [0.3, 0.4) is 0 Å². The topological polar surface area (TPSA) is 92.8 Å². The second-order valence-electron chi connectivity index (χ2n) is 5.05. The zero-order chi connectivity index (χ0) is 14.5. The van der Waals surface area contributed by atoms with Gasteiger partial charge in [0.2, 0.25) is 11.7 Å². The maximum atomic E-state index is 12.0. The molecule has 7 nitrogen and oxygen atoms in total. The first-order valence-corrected chi connectivity index (χ1v) is 7.06. The molecule has 3 rings (SSSR count). The van der Waals surface area contributed by atoms with E-state index in [-0.39, 0.29) is 12.0 Å². The van der Waals surface area contributed by atoms with Crippen molar-refractivity contribution in [1.29, 1.82) is 0 Å². The number of tetrazole rings is 1. The highest BCUT2D eigenvalue weighted by atomic mass is 16.5. The Balaban J connectivity index is 1.56. The molecular formula is C14H17N5O2. The molecule has 1 aromatic carbocycles. The van der Waals surface area contributed by atoms with Gasteiger partial charge in [-0.15, -0.1) is 10.2 Å². The average Bonchev–Trinajstić information content (AvgIpc) is 3.03. The number of nitrogens with zero attached hydrogens (tertiary/aromatic N) is 3. The molecule has 2 N–H and O–H groups in total. The first-order chi connectivity index (χ1) is 10.3. The quantitative estimate of drug-likeness (QED) is 0.894. The lowest BCUT2D eigenvalue weighted by Gasteiger charge is -2.21. The highest BCUT2D eigenvalue weighted by Gasteiger charge is 2.17. The summed E-state index contributed by atoms with van der Waals surface area (Å²) in [6, 6.07) is 7.34. The summed E-state index contributed by atoms with van der Waals surface area (Å²) in [5.74, 6) is 0.512. The number of H-pyrrole nitrogens is 1. The van der Waals surface area contributed by atoms with E-state index in [1.54, 1.807) is 0 Å². The van der Waals surface area contributed by atoms with Crippen molar-refractivity contribution < 1.29 is 9.53 Å². The Labute approximate surface area is 122 Å². The lowest BCUT2D eigenvalue weighted by molar-refractivity contribution is -0.119. The molecule has 0 unspecified atom stereocenters. The summed E-state index contributed by atoms with van der Waals surface area (Å²) < 4.78 is 5.57. The Morgan fingerprint density at radius 2 is 2.19 bits per heavy atom. The molecule has 2 heterocycles. The van der Waals surface area contributed by atoms with Crippen molar-refractivity contribution in [1.82, 2.24) is 20.6 Å². The molecule has 2 aromatic rings. The summed E-state index contributed by atoms with van der Waals surface area (Å²) in [4.78, 5) is 12.0. The minimum absolute atomic E-state index is 0.0192. The number of aromatic amines is 1. The van der Waals surface area contributed by atoms with Crippen LogP contribution in [0.5, 0.6) is 0 Å². The molecule has 0 spiro atoms. The van der Waals surface area contributed by atoms with Crippen LogP contribution >= 0.6 is 0 Å². The van der Waals surface area contributed by atoms with Crippen molar-refractivity contribution in [3.8, 4) is 11.4 Å². The number of rotatable bonds is 4. The van der Waals surface area contributed by atoms with Crippen molar-refractivity contribution in [2.24, 2.45) is 0 Å². The van der Waals surface area contributed by atoms with E-state index < -0.39 is 0 Å². The summed E-state index contributed by atoms with van der Waals surface area (Å²) in [6.45, 7) is 0.761. The van der Waals surface area contributed by atoms with E-state index in [0.29, 0.717) is 12.2 Å². The minimum atomic E-state index is -0.0192. The van der Waals surface area contributed by atoms with Gasteiger partial charge in [-0.25, -0.2) is 0 Å². The van der Waals surface area contributed by atoms with E-state index in [1.807, 2.05) is 24.3 Å². The molecule has 0 bridgehead atoms. The Hall–Kier alpha value is -2.28. The lowest BCUT2D eigenvalue weighted by atomic mass is 10.1. The standard InChI is InChI=1S/C14H17N5O2/c20-13(9-12-3-1-2-8-21-12)15-11-6-4-10(5-7-11)14-16-18-19-17-14/h4-7,12H,1-3,8-9H2,(H,15,20)(H,16,17,18,19)/t12-/m1/s1. The van der Waals surface area contributed by atoms with Gasteiger partial charge >= 0.3 is 0 Å². The summed E-state index contributed by atoms with van der Waals surface area (Å²) in [5.41, 5.74) is 1.60. The maximum absolute atomic E-state index is 12.0. The summed E-state index contributed by atoms with van der Waals surface area (Å²) in [5, 5.41) is 16.6. The molecule has 1 aliphatic heterocycles. The monoisotopic (exact) mass is 287 g/mol. The third-order valence-electron chi connectivity index (χ3n) is 3.46. The second kappa shape index (κ2) is 6.45. The Morgan fingerprint density at radius 1 is 1.33 bits per heavy atom. The molecule has 110 valence electrons. The van der Waals surface area contributed by atoms with Crippen LogP contribution in [-0.2, 0) is 9.53 Å². The zero-order valence-electron chi connectivity index (χ0n) is 11.6. The maximum Gasteiger partial charge on any atom is 0.226 e. The van der Waals surface area contributed by atoms with Gasteiger partial charge in [-0.2, -0.15) is 5.21 Å². The SMILES string of the molecule is O=C(C[C@H]1CCCCO1)Nc1ccc(-c2nn[nH]n2)cc1. The molecule has 0 saturated carbocycles. The van der Waals surface area contributed by atoms with Gasteiger partial charge in [0.1, 0.15) is 0 Å². The van der Waals surface area contributed by atoms with Crippen molar-refractivity contribution in [3.05, 3.63) is 24.3 Å². The molecule has 1 amide bonds. The number of hydrogen-bond acceptors (Lipinski definition) is 5. The number of hydrogen-bond donors (Lipinski definition) is 2. The number of carbonyl (C=O) groups is 1. The Morgan fingerprint density at radius 3 is 2.86 bits per heavy atom. The van der Waals surface area contributed by atoms with Crippen LogP contribution in [0.25, 0.3) is 11.4 Å². The van der Waals surface area contributed by atoms with E-state index in [0.717, 1.165) is 37.1 Å². The normalized spacial score (nSPS) is 18.4. The molecule has 0 radical (unpaired) electrons. The Bertz CT molecular complexity index is 576. The number of nitrogens with one attached hydrogen (secondary N) is 2. The van der Waals surface area contributed by atoms with Crippen LogP contribution in [0, 0.1) is 0 Å². The minimum Gasteiger partial charge on any atom is -0.378 e. The summed E-state index contributed by atoms with van der Waals surface area (Å²) in [6.07, 6.45) is 3.65. The fraction of sp³-hybridized carbons (Fsp3) is 0.429.